The molecule has 23 heavy (non-hydrogen) atoms. The molecule has 0 radical (unpaired) electrons. The fourth-order valence-electron chi connectivity index (χ4n) is 2.61. The van der Waals surface area contributed by atoms with E-state index >= 15 is 0 Å². The number of nitrogens with one attached hydrogen (secondary N) is 1. The molecule has 0 spiro atoms. The van der Waals surface area contributed by atoms with Gasteiger partial charge in [-0.25, -0.2) is 0 Å². The number of hydrogen-bond donors (Lipinski definition) is 4. The predicted octanol–water partition coefficient (Wildman–Crippen LogP) is 1.18. The van der Waals surface area contributed by atoms with Crippen molar-refractivity contribution >= 4 is 11.8 Å². The summed E-state index contributed by atoms with van der Waals surface area (Å²) in [6.45, 7) is 4.90. The lowest BCUT2D eigenvalue weighted by atomic mass is 10.0. The van der Waals surface area contributed by atoms with Gasteiger partial charge in [0.1, 0.15) is 0 Å². The number of phenolic OH excluding ortho intramolecular Hbond substituents is 3. The molecule has 4 N–H and O–H groups in total. The number of likely N-dealkylation sites (tertiary alicyclic amines) is 1. The second-order valence-corrected chi connectivity index (χ2v) is 6.09. The molecule has 126 valence electrons. The largest absolute Gasteiger partial charge is 0.504 e. The van der Waals surface area contributed by atoms with Gasteiger partial charge in [-0.15, -0.1) is 0 Å². The van der Waals surface area contributed by atoms with E-state index in [0.717, 1.165) is 12.1 Å². The van der Waals surface area contributed by atoms with E-state index in [2.05, 4.69) is 5.32 Å². The minimum Gasteiger partial charge on any atom is -0.504 e. The van der Waals surface area contributed by atoms with Gasteiger partial charge in [0.15, 0.2) is 17.2 Å². The van der Waals surface area contributed by atoms with Crippen molar-refractivity contribution in [2.75, 3.05) is 13.1 Å². The van der Waals surface area contributed by atoms with Crippen molar-refractivity contribution in [1.29, 1.82) is 0 Å². The number of phenols is 3. The zero-order valence-corrected chi connectivity index (χ0v) is 13.2. The fourth-order valence-corrected chi connectivity index (χ4v) is 2.61. The van der Waals surface area contributed by atoms with E-state index in [1.165, 1.54) is 0 Å². The highest BCUT2D eigenvalue weighted by Gasteiger charge is 2.25. The van der Waals surface area contributed by atoms with Gasteiger partial charge in [-0.3, -0.25) is 9.59 Å². The highest BCUT2D eigenvalue weighted by molar-refractivity contribution is 5.95. The van der Waals surface area contributed by atoms with Crippen LogP contribution >= 0.6 is 0 Å². The van der Waals surface area contributed by atoms with Gasteiger partial charge in [-0.1, -0.05) is 13.8 Å². The predicted molar refractivity (Wildman–Crippen MR) is 83.3 cm³/mol. The number of nitrogens with zero attached hydrogens (tertiary/aromatic N) is 1. The molecule has 1 saturated heterocycles. The second kappa shape index (κ2) is 6.76. The lowest BCUT2D eigenvalue weighted by molar-refractivity contribution is -0.135. The third-order valence-electron chi connectivity index (χ3n) is 3.97. The Morgan fingerprint density at radius 3 is 2.13 bits per heavy atom. The molecule has 0 aliphatic carbocycles. The summed E-state index contributed by atoms with van der Waals surface area (Å²) in [5.74, 6) is -2.11. The Hall–Kier alpha value is -2.44. The number of aromatic hydroxyl groups is 3. The molecule has 0 atom stereocenters. The van der Waals surface area contributed by atoms with Crippen molar-refractivity contribution in [3.8, 4) is 17.2 Å². The highest BCUT2D eigenvalue weighted by atomic mass is 16.3. The van der Waals surface area contributed by atoms with Gasteiger partial charge in [0, 0.05) is 30.6 Å². The molecule has 0 aromatic heterocycles. The van der Waals surface area contributed by atoms with Crippen molar-refractivity contribution in [2.24, 2.45) is 5.92 Å². The van der Waals surface area contributed by atoms with Gasteiger partial charge in [-0.2, -0.15) is 0 Å². The zero-order valence-electron chi connectivity index (χ0n) is 13.2. The van der Waals surface area contributed by atoms with Gasteiger partial charge >= 0.3 is 0 Å². The van der Waals surface area contributed by atoms with E-state index in [1.807, 2.05) is 13.8 Å². The molecule has 7 nitrogen and oxygen atoms in total. The molecule has 7 heteroatoms. The quantitative estimate of drug-likeness (QED) is 0.625. The van der Waals surface area contributed by atoms with E-state index in [0.29, 0.717) is 25.9 Å². The van der Waals surface area contributed by atoms with E-state index in [-0.39, 0.29) is 23.4 Å². The number of carbonyl (C=O) groups is 2. The number of benzene rings is 1. The van der Waals surface area contributed by atoms with Crippen LogP contribution in [0.2, 0.25) is 0 Å². The molecule has 1 aliphatic rings. The molecule has 0 saturated carbocycles. The molecular weight excluding hydrogens is 300 g/mol. The van der Waals surface area contributed by atoms with Crippen LogP contribution in [0.3, 0.4) is 0 Å². The van der Waals surface area contributed by atoms with E-state index in [4.69, 9.17) is 0 Å². The Morgan fingerprint density at radius 2 is 1.65 bits per heavy atom. The third kappa shape index (κ3) is 3.85. The number of rotatable bonds is 3. The van der Waals surface area contributed by atoms with Crippen LogP contribution in [0, 0.1) is 5.92 Å². The van der Waals surface area contributed by atoms with Crippen LogP contribution in [-0.4, -0.2) is 51.2 Å². The smallest absolute Gasteiger partial charge is 0.251 e. The van der Waals surface area contributed by atoms with Crippen LogP contribution in [0.15, 0.2) is 12.1 Å². The van der Waals surface area contributed by atoms with Gasteiger partial charge in [0.05, 0.1) is 0 Å². The van der Waals surface area contributed by atoms with Crippen molar-refractivity contribution < 1.29 is 24.9 Å². The molecule has 1 aromatic rings. The third-order valence-corrected chi connectivity index (χ3v) is 3.97. The van der Waals surface area contributed by atoms with Crippen LogP contribution in [0.25, 0.3) is 0 Å². The molecule has 1 aromatic carbocycles. The van der Waals surface area contributed by atoms with Crippen LogP contribution in [0.5, 0.6) is 17.2 Å². The molecule has 1 heterocycles. The number of amides is 2. The summed E-state index contributed by atoms with van der Waals surface area (Å²) in [6, 6.07) is 2.13. The summed E-state index contributed by atoms with van der Waals surface area (Å²) in [4.78, 5) is 25.9. The monoisotopic (exact) mass is 322 g/mol. The summed E-state index contributed by atoms with van der Waals surface area (Å²) in [5, 5.41) is 31.0. The van der Waals surface area contributed by atoms with Crippen LogP contribution in [0.4, 0.5) is 0 Å². The van der Waals surface area contributed by atoms with Gasteiger partial charge in [0.25, 0.3) is 5.91 Å². The Morgan fingerprint density at radius 1 is 1.13 bits per heavy atom. The van der Waals surface area contributed by atoms with Gasteiger partial charge < -0.3 is 25.5 Å². The maximum Gasteiger partial charge on any atom is 0.251 e. The van der Waals surface area contributed by atoms with Crippen molar-refractivity contribution in [3.63, 3.8) is 0 Å². The summed E-state index contributed by atoms with van der Waals surface area (Å²) in [7, 11) is 0. The van der Waals surface area contributed by atoms with E-state index < -0.39 is 23.2 Å². The summed E-state index contributed by atoms with van der Waals surface area (Å²) >= 11 is 0. The lowest BCUT2D eigenvalue weighted by Gasteiger charge is -2.33. The van der Waals surface area contributed by atoms with Gasteiger partial charge in [-0.05, 0) is 25.0 Å². The minimum absolute atomic E-state index is 0.0379. The first kappa shape index (κ1) is 16.9. The van der Waals surface area contributed by atoms with E-state index in [9.17, 15) is 24.9 Å². The second-order valence-electron chi connectivity index (χ2n) is 6.09. The number of carbonyl (C=O) groups excluding carboxylic acids is 2. The first-order valence-corrected chi connectivity index (χ1v) is 7.64. The molecule has 1 fully saturated rings. The summed E-state index contributed by atoms with van der Waals surface area (Å²) < 4.78 is 0. The topological polar surface area (TPSA) is 110 Å². The standard InChI is InChI=1S/C16H22N2O5/c1-9(2)16(23)18-5-3-11(4-6-18)17-15(22)10-7-12(19)14(21)13(20)8-10/h7-9,11,19-21H,3-6H2,1-2H3,(H,17,22). The van der Waals surface area contributed by atoms with E-state index in [1.54, 1.807) is 4.90 Å². The Bertz CT molecular complexity index is 583. The average molecular weight is 322 g/mol. The van der Waals surface area contributed by atoms with Crippen LogP contribution < -0.4 is 5.32 Å². The van der Waals surface area contributed by atoms with Crippen molar-refractivity contribution in [2.45, 2.75) is 32.7 Å². The summed E-state index contributed by atoms with van der Waals surface area (Å²) in [6.07, 6.45) is 1.31. The van der Waals surface area contributed by atoms with Gasteiger partial charge in [0.2, 0.25) is 5.91 Å². The Labute approximate surface area is 134 Å². The fraction of sp³-hybridized carbons (Fsp3) is 0.500. The maximum absolute atomic E-state index is 12.2. The zero-order chi connectivity index (χ0) is 17.1. The molecule has 2 amide bonds. The SMILES string of the molecule is CC(C)C(=O)N1CCC(NC(=O)c2cc(O)c(O)c(O)c2)CC1. The average Bonchev–Trinajstić information content (AvgIpc) is 2.52. The minimum atomic E-state index is -0.651. The van der Waals surface area contributed by atoms with Crippen LogP contribution in [-0.2, 0) is 4.79 Å². The Balaban J connectivity index is 1.94. The van der Waals surface area contributed by atoms with Crippen molar-refractivity contribution in [1.82, 2.24) is 10.2 Å². The normalized spacial score (nSPS) is 15.7. The molecule has 0 unspecified atom stereocenters. The lowest BCUT2D eigenvalue weighted by Crippen LogP contribution is -2.47. The number of piperidine rings is 1. The highest BCUT2D eigenvalue weighted by Crippen LogP contribution is 2.35. The summed E-state index contributed by atoms with van der Waals surface area (Å²) in [5.41, 5.74) is 0.0680. The van der Waals surface area contributed by atoms with Crippen LogP contribution in [0.1, 0.15) is 37.0 Å². The Kier molecular flexibility index (Phi) is 4.98. The molecular formula is C16H22N2O5. The first-order valence-electron chi connectivity index (χ1n) is 7.64. The molecule has 2 rings (SSSR count). The van der Waals surface area contributed by atoms with Crippen molar-refractivity contribution in [3.05, 3.63) is 17.7 Å². The maximum atomic E-state index is 12.2. The first-order chi connectivity index (χ1) is 10.8. The number of hydrogen-bond acceptors (Lipinski definition) is 5. The molecule has 1 aliphatic heterocycles. The molecule has 0 bridgehead atoms.